The second-order valence-corrected chi connectivity index (χ2v) is 9.86. The zero-order valence-electron chi connectivity index (χ0n) is 21.0. The molecule has 0 bridgehead atoms. The van der Waals surface area contributed by atoms with E-state index in [2.05, 4.69) is 9.97 Å². The van der Waals surface area contributed by atoms with Crippen LogP contribution in [0.15, 0.2) is 54.2 Å². The fourth-order valence-corrected chi connectivity index (χ4v) is 5.63. The Morgan fingerprint density at radius 2 is 1.68 bits per heavy atom. The number of aromatic nitrogens is 2. The largest absolute Gasteiger partial charge is 0.507 e. The lowest BCUT2D eigenvalue weighted by atomic mass is 9.95. The van der Waals surface area contributed by atoms with E-state index in [4.69, 9.17) is 9.47 Å². The summed E-state index contributed by atoms with van der Waals surface area (Å²) >= 11 is 1.27. The van der Waals surface area contributed by atoms with Gasteiger partial charge in [0.2, 0.25) is 0 Å². The maximum atomic E-state index is 13.5. The molecule has 3 heterocycles. The second-order valence-electron chi connectivity index (χ2n) is 8.85. The summed E-state index contributed by atoms with van der Waals surface area (Å²) < 4.78 is 11.6. The molecule has 2 aromatic carbocycles. The normalized spacial score (nSPS) is 17.0. The molecule has 37 heavy (non-hydrogen) atoms. The molecule has 0 saturated carbocycles. The average Bonchev–Trinajstić information content (AvgIpc) is 3.41. The summed E-state index contributed by atoms with van der Waals surface area (Å²) in [5.74, 6) is -0.470. The number of ketones is 1. The Hall–Kier alpha value is -4.24. The van der Waals surface area contributed by atoms with E-state index in [-0.39, 0.29) is 11.3 Å². The van der Waals surface area contributed by atoms with Crippen LogP contribution >= 0.6 is 11.3 Å². The molecule has 1 aliphatic rings. The third-order valence-corrected chi connectivity index (χ3v) is 7.53. The van der Waals surface area contributed by atoms with Crippen LogP contribution in [-0.4, -0.2) is 41.0 Å². The minimum Gasteiger partial charge on any atom is -0.507 e. The number of rotatable bonds is 5. The molecule has 0 spiro atoms. The van der Waals surface area contributed by atoms with Gasteiger partial charge in [-0.1, -0.05) is 17.4 Å². The number of thiazole rings is 1. The molecule has 1 fully saturated rings. The molecule has 1 aliphatic heterocycles. The first-order valence-corrected chi connectivity index (χ1v) is 12.4. The molecule has 1 N–H and O–H groups in total. The highest BCUT2D eigenvalue weighted by Gasteiger charge is 2.49. The van der Waals surface area contributed by atoms with Gasteiger partial charge in [-0.2, -0.15) is 0 Å². The Morgan fingerprint density at radius 3 is 2.35 bits per heavy atom. The maximum absolute atomic E-state index is 13.5. The molecule has 9 heteroatoms. The third kappa shape index (κ3) is 4.01. The van der Waals surface area contributed by atoms with Crippen molar-refractivity contribution in [3.8, 4) is 11.5 Å². The summed E-state index contributed by atoms with van der Waals surface area (Å²) in [6.45, 7) is 5.57. The number of anilines is 1. The minimum absolute atomic E-state index is 0.0376. The first kappa shape index (κ1) is 24.5. The van der Waals surface area contributed by atoms with Crippen molar-refractivity contribution in [3.63, 3.8) is 0 Å². The van der Waals surface area contributed by atoms with E-state index in [1.54, 1.807) is 50.7 Å². The van der Waals surface area contributed by atoms with Crippen LogP contribution in [0.25, 0.3) is 16.0 Å². The van der Waals surface area contributed by atoms with Crippen LogP contribution in [0.4, 0.5) is 5.13 Å². The Bertz CT molecular complexity index is 1590. The number of carbonyl (C=O) groups excluding carboxylic acids is 2. The van der Waals surface area contributed by atoms with E-state index < -0.39 is 17.7 Å². The number of benzene rings is 2. The minimum atomic E-state index is -0.952. The van der Waals surface area contributed by atoms with Crippen LogP contribution in [0.2, 0.25) is 0 Å². The molecule has 8 nitrogen and oxygen atoms in total. The fraction of sp³-hybridized carbons (Fsp3) is 0.214. The van der Waals surface area contributed by atoms with Gasteiger partial charge in [-0.25, -0.2) is 4.98 Å². The molecule has 1 atom stereocenters. The molecule has 188 valence electrons. The predicted molar refractivity (Wildman–Crippen MR) is 142 cm³/mol. The molecule has 5 rings (SSSR count). The number of Topliss-reactive ketones (excluding diaryl/α,β-unsaturated/α-hetero) is 1. The molecular formula is C28H25N3O5S. The number of carbonyl (C=O) groups is 2. The lowest BCUT2D eigenvalue weighted by Gasteiger charge is -2.22. The quantitative estimate of drug-likeness (QED) is 0.220. The van der Waals surface area contributed by atoms with Crippen molar-refractivity contribution in [2.75, 3.05) is 19.1 Å². The molecule has 0 radical (unpaired) electrons. The Kier molecular flexibility index (Phi) is 6.16. The van der Waals surface area contributed by atoms with Crippen molar-refractivity contribution in [2.45, 2.75) is 26.8 Å². The van der Waals surface area contributed by atoms with Gasteiger partial charge in [-0.15, -0.1) is 0 Å². The second kappa shape index (κ2) is 9.33. The molecular weight excluding hydrogens is 490 g/mol. The van der Waals surface area contributed by atoms with Gasteiger partial charge in [0.25, 0.3) is 5.78 Å². The summed E-state index contributed by atoms with van der Waals surface area (Å²) in [6, 6.07) is 11.6. The number of hydrogen-bond acceptors (Lipinski definition) is 8. The number of pyridine rings is 1. The number of hydrogen-bond donors (Lipinski definition) is 1. The number of fused-ring (bicyclic) bond motifs is 1. The van der Waals surface area contributed by atoms with Crippen molar-refractivity contribution in [1.82, 2.24) is 9.97 Å². The van der Waals surface area contributed by atoms with Crippen molar-refractivity contribution in [3.05, 3.63) is 82.2 Å². The van der Waals surface area contributed by atoms with E-state index in [9.17, 15) is 14.7 Å². The van der Waals surface area contributed by atoms with Crippen molar-refractivity contribution >= 4 is 44.1 Å². The lowest BCUT2D eigenvalue weighted by molar-refractivity contribution is -0.132. The molecule has 4 aromatic rings. The highest BCUT2D eigenvalue weighted by molar-refractivity contribution is 7.22. The van der Waals surface area contributed by atoms with Crippen LogP contribution in [0.5, 0.6) is 11.5 Å². The zero-order chi connectivity index (χ0) is 26.4. The summed E-state index contributed by atoms with van der Waals surface area (Å²) in [5.41, 5.74) is 3.93. The van der Waals surface area contributed by atoms with Gasteiger partial charge in [0.15, 0.2) is 5.13 Å². The molecule has 1 saturated heterocycles. The van der Waals surface area contributed by atoms with Crippen molar-refractivity contribution < 1.29 is 24.2 Å². The number of nitrogens with zero attached hydrogens (tertiary/aromatic N) is 3. The SMILES string of the molecule is COc1cc(C)c(/C(O)=C2\C(=O)C(=O)N(c3nc4cc(C)c(OC)cc4s3)C2c2ccccn2)cc1C. The molecule has 2 aromatic heterocycles. The summed E-state index contributed by atoms with van der Waals surface area (Å²) in [6.07, 6.45) is 1.59. The van der Waals surface area contributed by atoms with Gasteiger partial charge >= 0.3 is 5.91 Å². The van der Waals surface area contributed by atoms with Gasteiger partial charge in [0, 0.05) is 11.8 Å². The van der Waals surface area contributed by atoms with Gasteiger partial charge in [-0.3, -0.25) is 19.5 Å². The van der Waals surface area contributed by atoms with Crippen molar-refractivity contribution in [1.29, 1.82) is 0 Å². The van der Waals surface area contributed by atoms with Crippen LogP contribution in [0, 0.1) is 20.8 Å². The van der Waals surface area contributed by atoms with Crippen molar-refractivity contribution in [2.24, 2.45) is 0 Å². The highest BCUT2D eigenvalue weighted by Crippen LogP contribution is 2.45. The predicted octanol–water partition coefficient (Wildman–Crippen LogP) is 5.26. The fourth-order valence-electron chi connectivity index (χ4n) is 4.63. The number of methoxy groups -OCH3 is 2. The van der Waals surface area contributed by atoms with E-state index in [1.165, 1.54) is 16.2 Å². The van der Waals surface area contributed by atoms with E-state index in [0.29, 0.717) is 39.0 Å². The van der Waals surface area contributed by atoms with Gasteiger partial charge in [0.1, 0.15) is 23.3 Å². The number of ether oxygens (including phenoxy) is 2. The topological polar surface area (TPSA) is 102 Å². The van der Waals surface area contributed by atoms with Crippen LogP contribution in [-0.2, 0) is 9.59 Å². The number of aliphatic hydroxyl groups excluding tert-OH is 1. The van der Waals surface area contributed by atoms with Crippen LogP contribution in [0.1, 0.15) is 34.0 Å². The summed E-state index contributed by atoms with van der Waals surface area (Å²) in [4.78, 5) is 37.4. The third-order valence-electron chi connectivity index (χ3n) is 6.51. The first-order valence-electron chi connectivity index (χ1n) is 11.6. The average molecular weight is 516 g/mol. The van der Waals surface area contributed by atoms with E-state index in [1.807, 2.05) is 32.9 Å². The number of aliphatic hydroxyl groups is 1. The van der Waals surface area contributed by atoms with Crippen LogP contribution < -0.4 is 14.4 Å². The molecule has 0 aliphatic carbocycles. The zero-order valence-corrected chi connectivity index (χ0v) is 21.8. The van der Waals surface area contributed by atoms with Gasteiger partial charge in [0.05, 0.1) is 35.7 Å². The Labute approximate surface area is 217 Å². The van der Waals surface area contributed by atoms with Gasteiger partial charge in [-0.05, 0) is 73.9 Å². The number of aryl methyl sites for hydroxylation is 3. The lowest BCUT2D eigenvalue weighted by Crippen LogP contribution is -2.29. The smallest absolute Gasteiger partial charge is 0.301 e. The van der Waals surface area contributed by atoms with Crippen LogP contribution in [0.3, 0.4) is 0 Å². The van der Waals surface area contributed by atoms with E-state index >= 15 is 0 Å². The molecule has 1 unspecified atom stereocenters. The summed E-state index contributed by atoms with van der Waals surface area (Å²) in [5, 5.41) is 11.8. The maximum Gasteiger partial charge on any atom is 0.301 e. The molecule has 1 amide bonds. The summed E-state index contributed by atoms with van der Waals surface area (Å²) in [7, 11) is 3.17. The van der Waals surface area contributed by atoms with Gasteiger partial charge < -0.3 is 14.6 Å². The monoisotopic (exact) mass is 515 g/mol. The Balaban J connectivity index is 1.73. The highest BCUT2D eigenvalue weighted by atomic mass is 32.1. The standard InChI is InChI=1S/C28H25N3O5S/c1-14-12-20(35-4)15(2)10-17(14)25(32)23-24(18-8-6-7-9-29-18)31(27(34)26(23)33)28-30-19-11-16(3)21(36-5)13-22(19)37-28/h6-13,24,32H,1-5H3/b25-23+. The Morgan fingerprint density at radius 1 is 0.973 bits per heavy atom. The number of amides is 1. The van der Waals surface area contributed by atoms with E-state index in [0.717, 1.165) is 15.8 Å². The first-order chi connectivity index (χ1) is 17.7.